The van der Waals surface area contributed by atoms with Crippen LogP contribution in [-0.2, 0) is 6.42 Å². The Balaban J connectivity index is 1.89. The van der Waals surface area contributed by atoms with E-state index in [1.165, 1.54) is 82.6 Å². The molecule has 0 saturated heterocycles. The normalized spacial score (nSPS) is 10.7. The van der Waals surface area contributed by atoms with Crippen LogP contribution < -0.4 is 0 Å². The van der Waals surface area contributed by atoms with E-state index in [2.05, 4.69) is 31.2 Å². The predicted octanol–water partition coefficient (Wildman–Crippen LogP) is 6.89. The Kier molecular flexibility index (Phi) is 11.4. The van der Waals surface area contributed by atoms with Crippen LogP contribution in [0.15, 0.2) is 24.3 Å². The average Bonchev–Trinajstić information content (AvgIpc) is 2.53. The van der Waals surface area contributed by atoms with Gasteiger partial charge in [0.1, 0.15) is 0 Å². The van der Waals surface area contributed by atoms with Crippen LogP contribution in [0.4, 0.5) is 0 Å². The number of unbranched alkanes of at least 4 members (excludes halogenated alkanes) is 10. The molecule has 118 valence electrons. The molecular formula is C20H32S. The molecule has 0 spiro atoms. The van der Waals surface area contributed by atoms with Crippen LogP contribution in [0.5, 0.6) is 0 Å². The van der Waals surface area contributed by atoms with Crippen molar-refractivity contribution < 1.29 is 0 Å². The van der Waals surface area contributed by atoms with E-state index in [0.717, 1.165) is 5.56 Å². The summed E-state index contributed by atoms with van der Waals surface area (Å²) in [4.78, 5) is 0. The number of thiocarbonyl (C=S) groups is 1. The predicted molar refractivity (Wildman–Crippen MR) is 99.4 cm³/mol. The lowest BCUT2D eigenvalue weighted by Crippen LogP contribution is -1.87. The molecule has 0 aliphatic heterocycles. The van der Waals surface area contributed by atoms with Gasteiger partial charge in [-0.2, -0.15) is 0 Å². The Bertz CT molecular complexity index is 353. The first-order valence-corrected chi connectivity index (χ1v) is 9.38. The summed E-state index contributed by atoms with van der Waals surface area (Å²) in [5.74, 6) is 0. The van der Waals surface area contributed by atoms with E-state index in [9.17, 15) is 0 Å². The van der Waals surface area contributed by atoms with E-state index < -0.39 is 0 Å². The fourth-order valence-corrected chi connectivity index (χ4v) is 2.91. The maximum atomic E-state index is 4.92. The second kappa shape index (κ2) is 13.0. The summed E-state index contributed by atoms with van der Waals surface area (Å²) in [7, 11) is 0. The van der Waals surface area contributed by atoms with Gasteiger partial charge in [0.25, 0.3) is 0 Å². The lowest BCUT2D eigenvalue weighted by atomic mass is 10.0. The lowest BCUT2D eigenvalue weighted by molar-refractivity contribution is 0.549. The Morgan fingerprint density at radius 3 is 1.67 bits per heavy atom. The van der Waals surface area contributed by atoms with Gasteiger partial charge in [-0.05, 0) is 24.0 Å². The van der Waals surface area contributed by atoms with Gasteiger partial charge in [-0.25, -0.2) is 0 Å². The average molecular weight is 305 g/mol. The van der Waals surface area contributed by atoms with E-state index in [0.29, 0.717) is 0 Å². The molecule has 0 bridgehead atoms. The first-order valence-electron chi connectivity index (χ1n) is 8.91. The summed E-state index contributed by atoms with van der Waals surface area (Å²) >= 11 is 4.92. The fourth-order valence-electron chi connectivity index (χ4n) is 2.76. The highest BCUT2D eigenvalue weighted by Crippen LogP contribution is 2.13. The van der Waals surface area contributed by atoms with Gasteiger partial charge in [0.05, 0.1) is 0 Å². The molecular weight excluding hydrogens is 272 g/mol. The van der Waals surface area contributed by atoms with Gasteiger partial charge >= 0.3 is 0 Å². The van der Waals surface area contributed by atoms with Crippen molar-refractivity contribution in [2.24, 2.45) is 0 Å². The lowest BCUT2D eigenvalue weighted by Gasteiger charge is -2.03. The molecule has 0 fully saturated rings. The molecule has 0 saturated carbocycles. The van der Waals surface area contributed by atoms with Crippen molar-refractivity contribution in [1.82, 2.24) is 0 Å². The van der Waals surface area contributed by atoms with Crippen molar-refractivity contribution in [2.75, 3.05) is 0 Å². The van der Waals surface area contributed by atoms with E-state index >= 15 is 0 Å². The maximum absolute atomic E-state index is 4.92. The molecule has 1 heteroatoms. The molecule has 0 amide bonds. The number of benzene rings is 1. The minimum absolute atomic E-state index is 1.15. The number of aryl methyl sites for hydroxylation is 1. The third-order valence-electron chi connectivity index (χ3n) is 4.18. The quantitative estimate of drug-likeness (QED) is 0.282. The maximum Gasteiger partial charge on any atom is 0.00861 e. The molecule has 1 aromatic rings. The van der Waals surface area contributed by atoms with Gasteiger partial charge in [0.15, 0.2) is 0 Å². The topological polar surface area (TPSA) is 0 Å². The van der Waals surface area contributed by atoms with Crippen LogP contribution in [0.2, 0.25) is 0 Å². The van der Waals surface area contributed by atoms with Crippen molar-refractivity contribution >= 4 is 17.6 Å². The summed E-state index contributed by atoms with van der Waals surface area (Å²) in [5, 5.41) is 1.74. The summed E-state index contributed by atoms with van der Waals surface area (Å²) in [5.41, 5.74) is 2.60. The van der Waals surface area contributed by atoms with Gasteiger partial charge in [-0.3, -0.25) is 0 Å². The SMILES string of the molecule is CCCCCCCCCCCCCc1ccc(C=S)cc1. The fraction of sp³-hybridized carbons (Fsp3) is 0.650. The van der Waals surface area contributed by atoms with Crippen molar-refractivity contribution in [1.29, 1.82) is 0 Å². The highest BCUT2D eigenvalue weighted by atomic mass is 32.1. The van der Waals surface area contributed by atoms with Crippen molar-refractivity contribution in [3.63, 3.8) is 0 Å². The Morgan fingerprint density at radius 2 is 1.19 bits per heavy atom. The molecule has 0 heterocycles. The Hall–Kier alpha value is -0.690. The second-order valence-corrected chi connectivity index (χ2v) is 6.38. The van der Waals surface area contributed by atoms with Crippen LogP contribution in [0.3, 0.4) is 0 Å². The highest BCUT2D eigenvalue weighted by molar-refractivity contribution is 7.79. The van der Waals surface area contributed by atoms with Crippen molar-refractivity contribution in [3.8, 4) is 0 Å². The molecule has 1 rings (SSSR count). The van der Waals surface area contributed by atoms with Gasteiger partial charge in [0.2, 0.25) is 0 Å². The number of hydrogen-bond donors (Lipinski definition) is 0. The molecule has 0 radical (unpaired) electrons. The minimum atomic E-state index is 1.15. The minimum Gasteiger partial charge on any atom is -0.0881 e. The summed E-state index contributed by atoms with van der Waals surface area (Å²) < 4.78 is 0. The number of hydrogen-bond acceptors (Lipinski definition) is 1. The zero-order valence-corrected chi connectivity index (χ0v) is 14.6. The molecule has 0 atom stereocenters. The Morgan fingerprint density at radius 1 is 0.714 bits per heavy atom. The third kappa shape index (κ3) is 9.79. The summed E-state index contributed by atoms with van der Waals surface area (Å²) in [6, 6.07) is 8.69. The van der Waals surface area contributed by atoms with Crippen LogP contribution in [0, 0.1) is 0 Å². The van der Waals surface area contributed by atoms with E-state index in [4.69, 9.17) is 12.2 Å². The summed E-state index contributed by atoms with van der Waals surface area (Å²) in [6.45, 7) is 2.28. The zero-order valence-electron chi connectivity index (χ0n) is 13.8. The molecule has 21 heavy (non-hydrogen) atoms. The van der Waals surface area contributed by atoms with Crippen LogP contribution in [-0.4, -0.2) is 5.37 Å². The van der Waals surface area contributed by atoms with E-state index in [-0.39, 0.29) is 0 Å². The monoisotopic (exact) mass is 304 g/mol. The van der Waals surface area contributed by atoms with E-state index in [1.54, 1.807) is 5.37 Å². The zero-order chi connectivity index (χ0) is 15.2. The molecule has 1 aromatic carbocycles. The summed E-state index contributed by atoms with van der Waals surface area (Å²) in [6.07, 6.45) is 16.8. The first kappa shape index (κ1) is 18.4. The molecule has 0 nitrogen and oxygen atoms in total. The van der Waals surface area contributed by atoms with E-state index in [1.807, 2.05) is 0 Å². The molecule has 0 aliphatic rings. The molecule has 0 N–H and O–H groups in total. The molecule has 0 aromatic heterocycles. The second-order valence-electron chi connectivity index (χ2n) is 6.14. The van der Waals surface area contributed by atoms with Gasteiger partial charge in [-0.1, -0.05) is 108 Å². The van der Waals surface area contributed by atoms with Crippen LogP contribution in [0.1, 0.15) is 88.7 Å². The first-order chi connectivity index (χ1) is 10.4. The largest absolute Gasteiger partial charge is 0.0881 e. The third-order valence-corrected chi connectivity index (χ3v) is 4.46. The highest BCUT2D eigenvalue weighted by Gasteiger charge is 1.95. The standard InChI is InChI=1S/C20H32S/c1-2-3-4-5-6-7-8-9-10-11-12-13-19-14-16-20(18-21)17-15-19/h14-18H,2-13H2,1H3. The smallest absolute Gasteiger partial charge is 0.00861 e. The van der Waals surface area contributed by atoms with Gasteiger partial charge in [-0.15, -0.1) is 0 Å². The number of rotatable bonds is 13. The molecule has 0 aliphatic carbocycles. The van der Waals surface area contributed by atoms with Crippen molar-refractivity contribution in [3.05, 3.63) is 35.4 Å². The van der Waals surface area contributed by atoms with Crippen LogP contribution in [0.25, 0.3) is 0 Å². The van der Waals surface area contributed by atoms with Crippen molar-refractivity contribution in [2.45, 2.75) is 84.0 Å². The van der Waals surface area contributed by atoms with Crippen LogP contribution >= 0.6 is 12.2 Å². The Labute approximate surface area is 137 Å². The molecule has 0 unspecified atom stereocenters. The van der Waals surface area contributed by atoms with Gasteiger partial charge in [0, 0.05) is 5.37 Å². The van der Waals surface area contributed by atoms with Gasteiger partial charge < -0.3 is 0 Å².